The average Bonchev–Trinajstić information content (AvgIpc) is 2.81. The van der Waals surface area contributed by atoms with Crippen molar-refractivity contribution in [3.63, 3.8) is 0 Å². The summed E-state index contributed by atoms with van der Waals surface area (Å²) in [6, 6.07) is 17.7. The van der Waals surface area contributed by atoms with Gasteiger partial charge in [-0.15, -0.1) is 0 Å². The molecular weight excluding hydrogens is 426 g/mol. The van der Waals surface area contributed by atoms with Gasteiger partial charge < -0.3 is 15.2 Å². The summed E-state index contributed by atoms with van der Waals surface area (Å²) >= 11 is 0. The van der Waals surface area contributed by atoms with Crippen molar-refractivity contribution in [2.45, 2.75) is 31.6 Å². The van der Waals surface area contributed by atoms with Crippen LogP contribution in [0, 0.1) is 0 Å². The predicted octanol–water partition coefficient (Wildman–Crippen LogP) is 2.86. The van der Waals surface area contributed by atoms with Gasteiger partial charge in [0.2, 0.25) is 10.0 Å². The van der Waals surface area contributed by atoms with Gasteiger partial charge in [-0.2, -0.15) is 0 Å². The number of benzene rings is 2. The molecule has 2 aromatic carbocycles. The van der Waals surface area contributed by atoms with E-state index >= 15 is 0 Å². The zero-order chi connectivity index (χ0) is 22.6. The fourth-order valence-electron chi connectivity index (χ4n) is 4.09. The third-order valence-electron chi connectivity index (χ3n) is 5.89. The minimum atomic E-state index is -3.14. The Kier molecular flexibility index (Phi) is 7.05. The maximum atomic E-state index is 11.7. The monoisotopic (exact) mass is 455 g/mol. The van der Waals surface area contributed by atoms with Crippen molar-refractivity contribution in [2.24, 2.45) is 0 Å². The summed E-state index contributed by atoms with van der Waals surface area (Å²) in [7, 11) is -3.14. The Bertz CT molecular complexity index is 1150. The second-order valence-corrected chi connectivity index (χ2v) is 10.2. The first-order valence-corrected chi connectivity index (χ1v) is 12.7. The molecule has 1 fully saturated rings. The van der Waals surface area contributed by atoms with Gasteiger partial charge in [0.15, 0.2) is 0 Å². The van der Waals surface area contributed by atoms with Gasteiger partial charge in [-0.3, -0.25) is 4.98 Å². The number of nitrogens with one attached hydrogen (secondary N) is 1. The summed E-state index contributed by atoms with van der Waals surface area (Å²) in [4.78, 5) is 4.50. The second-order valence-electron chi connectivity index (χ2n) is 8.19. The molecule has 0 bridgehead atoms. The number of hydrogen-bond donors (Lipinski definition) is 2. The summed E-state index contributed by atoms with van der Waals surface area (Å²) in [5.41, 5.74) is 2.59. The Morgan fingerprint density at radius 1 is 1.12 bits per heavy atom. The van der Waals surface area contributed by atoms with Gasteiger partial charge in [0, 0.05) is 37.3 Å². The highest BCUT2D eigenvalue weighted by atomic mass is 32.2. The van der Waals surface area contributed by atoms with Crippen LogP contribution in [0.4, 0.5) is 0 Å². The van der Waals surface area contributed by atoms with Crippen LogP contribution < -0.4 is 10.1 Å². The lowest BCUT2D eigenvalue weighted by atomic mass is 10.0. The largest absolute Gasteiger partial charge is 0.487 e. The minimum absolute atomic E-state index is 0.181. The molecule has 0 amide bonds. The molecule has 170 valence electrons. The maximum absolute atomic E-state index is 11.7. The van der Waals surface area contributed by atoms with Crippen LogP contribution >= 0.6 is 0 Å². The number of fused-ring (bicyclic) bond motifs is 1. The highest BCUT2D eigenvalue weighted by molar-refractivity contribution is 7.88. The summed E-state index contributed by atoms with van der Waals surface area (Å²) in [6.07, 6.45) is 3.72. The number of pyridine rings is 1. The van der Waals surface area contributed by atoms with Crippen molar-refractivity contribution in [1.29, 1.82) is 0 Å². The van der Waals surface area contributed by atoms with Crippen LogP contribution in [-0.2, 0) is 16.6 Å². The van der Waals surface area contributed by atoms with Crippen molar-refractivity contribution >= 4 is 20.9 Å². The zero-order valence-corrected chi connectivity index (χ0v) is 19.0. The van der Waals surface area contributed by atoms with E-state index < -0.39 is 16.1 Å². The molecule has 32 heavy (non-hydrogen) atoms. The highest BCUT2D eigenvalue weighted by Crippen LogP contribution is 2.30. The SMILES string of the molecule is CS(=O)(=O)N1CCC(NC[C@H](O)c2ccc(OCc3ccccc3)c3ncccc23)CC1. The molecule has 1 atom stereocenters. The van der Waals surface area contributed by atoms with Gasteiger partial charge in [-0.25, -0.2) is 12.7 Å². The van der Waals surface area contributed by atoms with E-state index in [1.165, 1.54) is 10.6 Å². The van der Waals surface area contributed by atoms with E-state index in [1.807, 2.05) is 54.6 Å². The van der Waals surface area contributed by atoms with Gasteiger partial charge in [-0.1, -0.05) is 42.5 Å². The molecule has 1 aromatic heterocycles. The normalized spacial score (nSPS) is 16.8. The number of nitrogens with zero attached hydrogens (tertiary/aromatic N) is 2. The molecule has 2 N–H and O–H groups in total. The Labute approximate surface area is 189 Å². The lowest BCUT2D eigenvalue weighted by molar-refractivity contribution is 0.164. The molecule has 3 aromatic rings. The van der Waals surface area contributed by atoms with Crippen LogP contribution in [0.2, 0.25) is 0 Å². The third kappa shape index (κ3) is 5.45. The Morgan fingerprint density at radius 3 is 2.59 bits per heavy atom. The minimum Gasteiger partial charge on any atom is -0.487 e. The lowest BCUT2D eigenvalue weighted by Gasteiger charge is -2.31. The smallest absolute Gasteiger partial charge is 0.211 e. The van der Waals surface area contributed by atoms with Crippen molar-refractivity contribution < 1.29 is 18.3 Å². The highest BCUT2D eigenvalue weighted by Gasteiger charge is 2.25. The number of ether oxygens (including phenoxy) is 1. The number of rotatable bonds is 8. The first-order chi connectivity index (χ1) is 15.4. The molecule has 4 rings (SSSR count). The summed E-state index contributed by atoms with van der Waals surface area (Å²) in [6.45, 7) is 1.85. The molecule has 1 aliphatic rings. The van der Waals surface area contributed by atoms with Gasteiger partial charge in [0.05, 0.1) is 12.4 Å². The molecule has 7 nitrogen and oxygen atoms in total. The number of aromatic nitrogens is 1. The average molecular weight is 456 g/mol. The number of aliphatic hydroxyl groups excluding tert-OH is 1. The zero-order valence-electron chi connectivity index (χ0n) is 18.1. The van der Waals surface area contributed by atoms with E-state index in [1.54, 1.807) is 6.20 Å². The molecule has 2 heterocycles. The van der Waals surface area contributed by atoms with E-state index in [4.69, 9.17) is 4.74 Å². The molecule has 8 heteroatoms. The van der Waals surface area contributed by atoms with Crippen LogP contribution in [0.25, 0.3) is 10.9 Å². The summed E-state index contributed by atoms with van der Waals surface area (Å²) < 4.78 is 30.9. The fraction of sp³-hybridized carbons (Fsp3) is 0.375. The van der Waals surface area contributed by atoms with Gasteiger partial charge in [-0.05, 0) is 36.1 Å². The molecular formula is C24H29N3O4S. The van der Waals surface area contributed by atoms with E-state index in [-0.39, 0.29) is 6.04 Å². The number of aliphatic hydroxyl groups is 1. The second kappa shape index (κ2) is 9.95. The quantitative estimate of drug-likeness (QED) is 0.543. The number of hydrogen-bond acceptors (Lipinski definition) is 6. The molecule has 1 saturated heterocycles. The van der Waals surface area contributed by atoms with Crippen LogP contribution in [0.1, 0.15) is 30.1 Å². The van der Waals surface area contributed by atoms with Crippen molar-refractivity contribution in [2.75, 3.05) is 25.9 Å². The maximum Gasteiger partial charge on any atom is 0.211 e. The first-order valence-electron chi connectivity index (χ1n) is 10.8. The molecule has 0 radical (unpaired) electrons. The Morgan fingerprint density at radius 2 is 1.88 bits per heavy atom. The van der Waals surface area contributed by atoms with E-state index in [2.05, 4.69) is 10.3 Å². The van der Waals surface area contributed by atoms with Crippen molar-refractivity contribution in [3.05, 3.63) is 71.9 Å². The summed E-state index contributed by atoms with van der Waals surface area (Å²) in [5.74, 6) is 0.682. The van der Waals surface area contributed by atoms with Gasteiger partial charge in [0.25, 0.3) is 0 Å². The standard InChI is InChI=1S/C24H29N3O4S/c1-32(29,30)27-14-11-19(12-15-27)26-16-22(28)20-9-10-23(24-21(20)8-5-13-25-24)31-17-18-6-3-2-4-7-18/h2-10,13,19,22,26,28H,11-12,14-17H2,1H3/t22-/m0/s1. The van der Waals surface area contributed by atoms with Crippen molar-refractivity contribution in [1.82, 2.24) is 14.6 Å². The first kappa shape index (κ1) is 22.7. The molecule has 0 unspecified atom stereocenters. The van der Waals surface area contributed by atoms with Crippen LogP contribution in [-0.4, -0.2) is 54.7 Å². The topological polar surface area (TPSA) is 91.8 Å². The van der Waals surface area contributed by atoms with Gasteiger partial charge in [0.1, 0.15) is 17.9 Å². The number of sulfonamides is 1. The van der Waals surface area contributed by atoms with E-state index in [0.29, 0.717) is 32.0 Å². The van der Waals surface area contributed by atoms with Gasteiger partial charge >= 0.3 is 0 Å². The molecule has 0 saturated carbocycles. The molecule has 0 spiro atoms. The molecule has 0 aliphatic carbocycles. The van der Waals surface area contributed by atoms with Crippen LogP contribution in [0.5, 0.6) is 5.75 Å². The predicted molar refractivity (Wildman–Crippen MR) is 125 cm³/mol. The number of piperidine rings is 1. The van der Waals surface area contributed by atoms with E-state index in [0.717, 1.165) is 34.9 Å². The van der Waals surface area contributed by atoms with Crippen LogP contribution in [0.3, 0.4) is 0 Å². The Hall–Kier alpha value is -2.52. The Balaban J connectivity index is 1.42. The third-order valence-corrected chi connectivity index (χ3v) is 7.19. The van der Waals surface area contributed by atoms with Crippen LogP contribution in [0.15, 0.2) is 60.8 Å². The lowest BCUT2D eigenvalue weighted by Crippen LogP contribution is -2.45. The molecule has 1 aliphatic heterocycles. The summed E-state index contributed by atoms with van der Waals surface area (Å²) in [5, 5.41) is 15.1. The van der Waals surface area contributed by atoms with E-state index in [9.17, 15) is 13.5 Å². The fourth-order valence-corrected chi connectivity index (χ4v) is 4.97. The van der Waals surface area contributed by atoms with Crippen molar-refractivity contribution in [3.8, 4) is 5.75 Å².